The number of nitrogens with one attached hydrogen (secondary N) is 1. The molecule has 0 amide bonds. The lowest BCUT2D eigenvalue weighted by Crippen LogP contribution is -2.13. The maximum atomic E-state index is 13.3. The molecule has 0 saturated heterocycles. The molecule has 0 saturated carbocycles. The first-order valence-corrected chi connectivity index (χ1v) is 6.06. The van der Waals surface area contributed by atoms with Crippen molar-refractivity contribution in [3.63, 3.8) is 0 Å². The Morgan fingerprint density at radius 2 is 1.79 bits per heavy atom. The van der Waals surface area contributed by atoms with Crippen molar-refractivity contribution in [2.24, 2.45) is 0 Å². The number of benzene rings is 2. The minimum absolute atomic E-state index is 0.0213. The molecule has 2 nitrogen and oxygen atoms in total. The van der Waals surface area contributed by atoms with E-state index in [1.54, 1.807) is 24.3 Å². The van der Waals surface area contributed by atoms with Crippen molar-refractivity contribution in [2.45, 2.75) is 6.10 Å². The molecule has 0 aliphatic heterocycles. The van der Waals surface area contributed by atoms with E-state index in [-0.39, 0.29) is 12.2 Å². The van der Waals surface area contributed by atoms with Crippen molar-refractivity contribution >= 4 is 17.3 Å². The summed E-state index contributed by atoms with van der Waals surface area (Å²) in [5, 5.41) is 13.1. The molecule has 2 rings (SSSR count). The zero-order valence-electron chi connectivity index (χ0n) is 9.91. The van der Waals surface area contributed by atoms with Crippen molar-refractivity contribution < 1.29 is 13.9 Å². The second-order valence-electron chi connectivity index (χ2n) is 4.07. The summed E-state index contributed by atoms with van der Waals surface area (Å²) in [7, 11) is 0. The Morgan fingerprint density at radius 1 is 1.11 bits per heavy atom. The van der Waals surface area contributed by atoms with Gasteiger partial charge in [0, 0.05) is 11.6 Å². The summed E-state index contributed by atoms with van der Waals surface area (Å²) in [6.07, 6.45) is -0.833. The highest BCUT2D eigenvalue weighted by Gasteiger charge is 2.09. The van der Waals surface area contributed by atoms with Gasteiger partial charge in [0.2, 0.25) is 0 Å². The van der Waals surface area contributed by atoms with Crippen LogP contribution in [0.5, 0.6) is 0 Å². The second-order valence-corrected chi connectivity index (χ2v) is 4.51. The number of hydrogen-bond acceptors (Lipinski definition) is 2. The fourth-order valence-electron chi connectivity index (χ4n) is 1.64. The van der Waals surface area contributed by atoms with Gasteiger partial charge in [-0.1, -0.05) is 23.7 Å². The van der Waals surface area contributed by atoms with Crippen LogP contribution in [0.1, 0.15) is 11.7 Å². The lowest BCUT2D eigenvalue weighted by atomic mass is 10.1. The number of rotatable bonds is 4. The summed E-state index contributed by atoms with van der Waals surface area (Å²) < 4.78 is 26.3. The van der Waals surface area contributed by atoms with E-state index in [0.717, 1.165) is 18.2 Å². The van der Waals surface area contributed by atoms with Crippen LogP contribution in [0.15, 0.2) is 42.5 Å². The Morgan fingerprint density at radius 3 is 2.47 bits per heavy atom. The molecule has 19 heavy (non-hydrogen) atoms. The molecule has 0 spiro atoms. The van der Waals surface area contributed by atoms with Crippen LogP contribution < -0.4 is 5.32 Å². The molecule has 0 fully saturated rings. The van der Waals surface area contributed by atoms with Gasteiger partial charge in [-0.2, -0.15) is 0 Å². The topological polar surface area (TPSA) is 32.3 Å². The molecule has 0 aliphatic carbocycles. The summed E-state index contributed by atoms with van der Waals surface area (Å²) in [4.78, 5) is 0. The van der Waals surface area contributed by atoms with Gasteiger partial charge >= 0.3 is 0 Å². The summed E-state index contributed by atoms with van der Waals surface area (Å²) in [5.41, 5.74) is 0.668. The fourth-order valence-corrected chi connectivity index (χ4v) is 1.77. The predicted molar refractivity (Wildman–Crippen MR) is 71.3 cm³/mol. The van der Waals surface area contributed by atoms with Gasteiger partial charge in [0.1, 0.15) is 11.6 Å². The standard InChI is InChI=1S/C14H12ClF2NO/c15-10-3-1-9(2-4-10)14(19)8-18-13-7-11(16)5-6-12(13)17/h1-7,14,18-19H,8H2. The molecule has 0 bridgehead atoms. The third kappa shape index (κ3) is 3.66. The van der Waals surface area contributed by atoms with E-state index in [4.69, 9.17) is 11.6 Å². The van der Waals surface area contributed by atoms with Gasteiger partial charge in [0.25, 0.3) is 0 Å². The van der Waals surface area contributed by atoms with Crippen LogP contribution in [0.2, 0.25) is 5.02 Å². The minimum atomic E-state index is -0.833. The van der Waals surface area contributed by atoms with Gasteiger partial charge < -0.3 is 10.4 Å². The Kier molecular flexibility index (Phi) is 4.35. The molecule has 2 N–H and O–H groups in total. The molecule has 0 aromatic heterocycles. The van der Waals surface area contributed by atoms with E-state index in [1.807, 2.05) is 0 Å². The van der Waals surface area contributed by atoms with Crippen LogP contribution >= 0.6 is 11.6 Å². The van der Waals surface area contributed by atoms with Crippen molar-refractivity contribution in [2.75, 3.05) is 11.9 Å². The van der Waals surface area contributed by atoms with Crippen LogP contribution in [0.3, 0.4) is 0 Å². The first kappa shape index (κ1) is 13.8. The second kappa shape index (κ2) is 5.99. The number of halogens is 3. The quantitative estimate of drug-likeness (QED) is 0.895. The molecule has 0 radical (unpaired) electrons. The van der Waals surface area contributed by atoms with E-state index in [1.165, 1.54) is 0 Å². The van der Waals surface area contributed by atoms with E-state index in [0.29, 0.717) is 10.6 Å². The third-order valence-corrected chi connectivity index (χ3v) is 2.92. The zero-order chi connectivity index (χ0) is 13.8. The SMILES string of the molecule is OC(CNc1cc(F)ccc1F)c1ccc(Cl)cc1. The van der Waals surface area contributed by atoms with Crippen LogP contribution in [0.25, 0.3) is 0 Å². The molecule has 1 atom stereocenters. The van der Waals surface area contributed by atoms with Crippen molar-refractivity contribution in [3.05, 3.63) is 64.7 Å². The van der Waals surface area contributed by atoms with Gasteiger partial charge in [-0.25, -0.2) is 8.78 Å². The smallest absolute Gasteiger partial charge is 0.146 e. The number of aliphatic hydroxyl groups is 1. The van der Waals surface area contributed by atoms with E-state index in [2.05, 4.69) is 5.32 Å². The Labute approximate surface area is 114 Å². The molecular weight excluding hydrogens is 272 g/mol. The molecule has 0 heterocycles. The Bertz CT molecular complexity index is 560. The molecule has 0 aliphatic rings. The summed E-state index contributed by atoms with van der Waals surface area (Å²) in [6.45, 7) is 0.0714. The van der Waals surface area contributed by atoms with E-state index < -0.39 is 17.7 Å². The molecule has 1 unspecified atom stereocenters. The number of hydrogen-bond donors (Lipinski definition) is 2. The highest BCUT2D eigenvalue weighted by molar-refractivity contribution is 6.30. The number of aliphatic hydroxyl groups excluding tert-OH is 1. The van der Waals surface area contributed by atoms with Crippen LogP contribution in [0.4, 0.5) is 14.5 Å². The van der Waals surface area contributed by atoms with Gasteiger partial charge in [-0.05, 0) is 35.9 Å². The highest BCUT2D eigenvalue weighted by atomic mass is 35.5. The van der Waals surface area contributed by atoms with Crippen LogP contribution in [-0.4, -0.2) is 11.7 Å². The van der Waals surface area contributed by atoms with Crippen molar-refractivity contribution in [1.29, 1.82) is 0 Å². The zero-order valence-corrected chi connectivity index (χ0v) is 10.7. The lowest BCUT2D eigenvalue weighted by Gasteiger charge is -2.13. The molecular formula is C14H12ClF2NO. The van der Waals surface area contributed by atoms with Gasteiger partial charge in [0.15, 0.2) is 0 Å². The summed E-state index contributed by atoms with van der Waals surface area (Å²) in [5.74, 6) is -1.10. The average molecular weight is 284 g/mol. The highest BCUT2D eigenvalue weighted by Crippen LogP contribution is 2.19. The van der Waals surface area contributed by atoms with E-state index >= 15 is 0 Å². The first-order chi connectivity index (χ1) is 9.06. The van der Waals surface area contributed by atoms with Crippen LogP contribution in [0, 0.1) is 11.6 Å². The summed E-state index contributed by atoms with van der Waals surface area (Å²) in [6, 6.07) is 9.78. The molecule has 5 heteroatoms. The van der Waals surface area contributed by atoms with Gasteiger partial charge in [0.05, 0.1) is 11.8 Å². The largest absolute Gasteiger partial charge is 0.387 e. The summed E-state index contributed by atoms with van der Waals surface area (Å²) >= 11 is 5.74. The Hall–Kier alpha value is -1.65. The van der Waals surface area contributed by atoms with Crippen molar-refractivity contribution in [3.8, 4) is 0 Å². The fraction of sp³-hybridized carbons (Fsp3) is 0.143. The maximum absolute atomic E-state index is 13.3. The van der Waals surface area contributed by atoms with Gasteiger partial charge in [-0.3, -0.25) is 0 Å². The average Bonchev–Trinajstić information content (AvgIpc) is 2.40. The van der Waals surface area contributed by atoms with Crippen molar-refractivity contribution in [1.82, 2.24) is 0 Å². The van der Waals surface area contributed by atoms with E-state index in [9.17, 15) is 13.9 Å². The first-order valence-electron chi connectivity index (χ1n) is 5.69. The third-order valence-electron chi connectivity index (χ3n) is 2.67. The predicted octanol–water partition coefficient (Wildman–Crippen LogP) is 3.76. The van der Waals surface area contributed by atoms with Gasteiger partial charge in [-0.15, -0.1) is 0 Å². The molecule has 2 aromatic rings. The number of anilines is 1. The molecule has 2 aromatic carbocycles. The minimum Gasteiger partial charge on any atom is -0.387 e. The maximum Gasteiger partial charge on any atom is 0.146 e. The molecule has 100 valence electrons. The lowest BCUT2D eigenvalue weighted by molar-refractivity contribution is 0.191. The normalized spacial score (nSPS) is 12.2. The Balaban J connectivity index is 2.02. The monoisotopic (exact) mass is 283 g/mol. The van der Waals surface area contributed by atoms with Crippen LogP contribution in [-0.2, 0) is 0 Å².